The van der Waals surface area contributed by atoms with Gasteiger partial charge in [0.1, 0.15) is 5.75 Å². The van der Waals surface area contributed by atoms with Crippen LogP contribution >= 0.6 is 0 Å². The van der Waals surface area contributed by atoms with Crippen molar-refractivity contribution in [1.29, 1.82) is 0 Å². The lowest BCUT2D eigenvalue weighted by Crippen LogP contribution is -2.17. The first kappa shape index (κ1) is 20.7. The van der Waals surface area contributed by atoms with Gasteiger partial charge < -0.3 is 20.1 Å². The summed E-state index contributed by atoms with van der Waals surface area (Å²) in [4.78, 5) is 35.9. The summed E-state index contributed by atoms with van der Waals surface area (Å²) in [7, 11) is 0. The Morgan fingerprint density at radius 2 is 1.61 bits per heavy atom. The maximum Gasteiger partial charge on any atom is 0.330 e. The predicted molar refractivity (Wildman–Crippen MR) is 106 cm³/mol. The van der Waals surface area contributed by atoms with E-state index < -0.39 is 11.9 Å². The number of ether oxygens (including phenoxy) is 2. The number of amides is 2. The fourth-order valence-corrected chi connectivity index (χ4v) is 2.30. The molecule has 2 amide bonds. The standard InChI is InChI=1S/C21H22N2O5/c1-3-27-16-11-9-15(10-12-16)22-21(26)17-7-5-6-8-18(17)23-19(24)13-14-20(25)28-4-2/h5-14H,3-4H2,1-2H3,(H,22,26)(H,23,24). The van der Waals surface area contributed by atoms with Crippen molar-refractivity contribution in [3.63, 3.8) is 0 Å². The molecule has 0 radical (unpaired) electrons. The van der Waals surface area contributed by atoms with E-state index in [2.05, 4.69) is 10.6 Å². The van der Waals surface area contributed by atoms with Gasteiger partial charge in [-0.1, -0.05) is 12.1 Å². The number of hydrogen-bond acceptors (Lipinski definition) is 5. The molecule has 0 spiro atoms. The van der Waals surface area contributed by atoms with Gasteiger partial charge in [-0.2, -0.15) is 0 Å². The first-order chi connectivity index (χ1) is 13.5. The highest BCUT2D eigenvalue weighted by atomic mass is 16.5. The van der Waals surface area contributed by atoms with Crippen LogP contribution in [0.2, 0.25) is 0 Å². The Kier molecular flexibility index (Phi) is 7.77. The molecule has 2 rings (SSSR count). The van der Waals surface area contributed by atoms with Crippen molar-refractivity contribution in [2.45, 2.75) is 13.8 Å². The van der Waals surface area contributed by atoms with Gasteiger partial charge in [0.15, 0.2) is 0 Å². The number of rotatable bonds is 8. The van der Waals surface area contributed by atoms with Gasteiger partial charge in [-0.05, 0) is 50.2 Å². The second-order valence-electron chi connectivity index (χ2n) is 5.53. The van der Waals surface area contributed by atoms with Gasteiger partial charge in [0, 0.05) is 17.8 Å². The molecule has 0 saturated heterocycles. The molecule has 0 aromatic heterocycles. The molecule has 28 heavy (non-hydrogen) atoms. The minimum Gasteiger partial charge on any atom is -0.494 e. The van der Waals surface area contributed by atoms with E-state index in [9.17, 15) is 14.4 Å². The number of anilines is 2. The molecule has 0 saturated carbocycles. The van der Waals surface area contributed by atoms with E-state index in [1.165, 1.54) is 0 Å². The summed E-state index contributed by atoms with van der Waals surface area (Å²) in [5.41, 5.74) is 1.20. The van der Waals surface area contributed by atoms with Crippen LogP contribution in [0.15, 0.2) is 60.7 Å². The normalized spacial score (nSPS) is 10.4. The highest BCUT2D eigenvalue weighted by molar-refractivity contribution is 6.11. The third-order valence-electron chi connectivity index (χ3n) is 3.51. The fourth-order valence-electron chi connectivity index (χ4n) is 2.30. The van der Waals surface area contributed by atoms with Crippen molar-refractivity contribution in [3.05, 3.63) is 66.2 Å². The van der Waals surface area contributed by atoms with Crippen molar-refractivity contribution >= 4 is 29.2 Å². The first-order valence-electron chi connectivity index (χ1n) is 8.82. The number of carbonyl (C=O) groups is 3. The van der Waals surface area contributed by atoms with Crippen molar-refractivity contribution in [3.8, 4) is 5.75 Å². The van der Waals surface area contributed by atoms with E-state index in [-0.39, 0.29) is 18.1 Å². The summed E-state index contributed by atoms with van der Waals surface area (Å²) < 4.78 is 10.1. The van der Waals surface area contributed by atoms with Gasteiger partial charge in [0.25, 0.3) is 5.91 Å². The first-order valence-corrected chi connectivity index (χ1v) is 8.82. The molecule has 0 atom stereocenters. The molecule has 7 heteroatoms. The second-order valence-corrected chi connectivity index (χ2v) is 5.53. The summed E-state index contributed by atoms with van der Waals surface area (Å²) >= 11 is 0. The SMILES string of the molecule is CCOC(=O)C=CC(=O)Nc1ccccc1C(=O)Nc1ccc(OCC)cc1. The average molecular weight is 382 g/mol. The molecule has 0 bridgehead atoms. The average Bonchev–Trinajstić information content (AvgIpc) is 2.69. The predicted octanol–water partition coefficient (Wildman–Crippen LogP) is 3.40. The summed E-state index contributed by atoms with van der Waals surface area (Å²) in [6, 6.07) is 13.5. The molecule has 0 aliphatic heterocycles. The molecule has 2 aromatic rings. The Morgan fingerprint density at radius 3 is 2.29 bits per heavy atom. The molecule has 146 valence electrons. The maximum absolute atomic E-state index is 12.6. The van der Waals surface area contributed by atoms with Gasteiger partial charge in [-0.15, -0.1) is 0 Å². The zero-order valence-corrected chi connectivity index (χ0v) is 15.7. The Bertz CT molecular complexity index is 859. The highest BCUT2D eigenvalue weighted by Gasteiger charge is 2.13. The second kappa shape index (κ2) is 10.5. The van der Waals surface area contributed by atoms with Gasteiger partial charge >= 0.3 is 5.97 Å². The fraction of sp³-hybridized carbons (Fsp3) is 0.190. The van der Waals surface area contributed by atoms with Gasteiger partial charge in [-0.25, -0.2) is 4.79 Å². The van der Waals surface area contributed by atoms with E-state index in [4.69, 9.17) is 9.47 Å². The highest BCUT2D eigenvalue weighted by Crippen LogP contribution is 2.19. The van der Waals surface area contributed by atoms with Crippen LogP contribution in [0.4, 0.5) is 11.4 Å². The van der Waals surface area contributed by atoms with Crippen molar-refractivity contribution in [2.75, 3.05) is 23.8 Å². The lowest BCUT2D eigenvalue weighted by atomic mass is 10.1. The molecule has 0 unspecified atom stereocenters. The topological polar surface area (TPSA) is 93.7 Å². The lowest BCUT2D eigenvalue weighted by molar-refractivity contribution is -0.137. The van der Waals surface area contributed by atoms with E-state index in [1.807, 2.05) is 6.92 Å². The number of benzene rings is 2. The molecular formula is C21H22N2O5. The summed E-state index contributed by atoms with van der Waals surface area (Å²) in [5, 5.41) is 5.36. The molecule has 0 fully saturated rings. The van der Waals surface area contributed by atoms with E-state index in [1.54, 1.807) is 55.5 Å². The van der Waals surface area contributed by atoms with Crippen LogP contribution in [-0.4, -0.2) is 31.0 Å². The van der Waals surface area contributed by atoms with E-state index >= 15 is 0 Å². The number of carbonyl (C=O) groups excluding carboxylic acids is 3. The van der Waals surface area contributed by atoms with Crippen LogP contribution in [-0.2, 0) is 14.3 Å². The number of esters is 1. The Labute approximate surface area is 163 Å². The lowest BCUT2D eigenvalue weighted by Gasteiger charge is -2.11. The summed E-state index contributed by atoms with van der Waals surface area (Å²) in [6.45, 7) is 4.34. The van der Waals surface area contributed by atoms with Gasteiger partial charge in [0.05, 0.1) is 24.5 Å². The van der Waals surface area contributed by atoms with Crippen molar-refractivity contribution < 1.29 is 23.9 Å². The van der Waals surface area contributed by atoms with Crippen LogP contribution < -0.4 is 15.4 Å². The smallest absolute Gasteiger partial charge is 0.330 e. The Balaban J connectivity index is 2.06. The summed E-state index contributed by atoms with van der Waals surface area (Å²) in [5.74, 6) is -0.829. The maximum atomic E-state index is 12.6. The van der Waals surface area contributed by atoms with Crippen LogP contribution in [0.1, 0.15) is 24.2 Å². The minimum absolute atomic E-state index is 0.222. The molecule has 7 nitrogen and oxygen atoms in total. The van der Waals surface area contributed by atoms with Gasteiger partial charge in [-0.3, -0.25) is 9.59 Å². The van der Waals surface area contributed by atoms with Gasteiger partial charge in [0.2, 0.25) is 5.91 Å². The Morgan fingerprint density at radius 1 is 0.893 bits per heavy atom. The van der Waals surface area contributed by atoms with Crippen LogP contribution in [0.3, 0.4) is 0 Å². The number of hydrogen-bond donors (Lipinski definition) is 2. The van der Waals surface area contributed by atoms with E-state index in [0.717, 1.165) is 12.2 Å². The van der Waals surface area contributed by atoms with Crippen LogP contribution in [0, 0.1) is 0 Å². The third kappa shape index (κ3) is 6.28. The number of para-hydroxylation sites is 1. The summed E-state index contributed by atoms with van der Waals surface area (Å²) in [6.07, 6.45) is 2.08. The zero-order valence-electron chi connectivity index (χ0n) is 15.7. The zero-order chi connectivity index (χ0) is 20.4. The molecule has 0 aliphatic carbocycles. The van der Waals surface area contributed by atoms with Crippen LogP contribution in [0.5, 0.6) is 5.75 Å². The molecule has 2 N–H and O–H groups in total. The van der Waals surface area contributed by atoms with Crippen LogP contribution in [0.25, 0.3) is 0 Å². The molecule has 2 aromatic carbocycles. The quantitative estimate of drug-likeness (QED) is 0.539. The third-order valence-corrected chi connectivity index (χ3v) is 3.51. The van der Waals surface area contributed by atoms with Crippen molar-refractivity contribution in [1.82, 2.24) is 0 Å². The monoisotopic (exact) mass is 382 g/mol. The van der Waals surface area contributed by atoms with E-state index in [0.29, 0.717) is 23.7 Å². The Hall–Kier alpha value is -3.61. The minimum atomic E-state index is -0.612. The molecular weight excluding hydrogens is 360 g/mol. The largest absolute Gasteiger partial charge is 0.494 e. The molecule has 0 heterocycles. The molecule has 0 aliphatic rings. The number of nitrogens with one attached hydrogen (secondary N) is 2. The van der Waals surface area contributed by atoms with Crippen molar-refractivity contribution in [2.24, 2.45) is 0 Å².